The van der Waals surface area contributed by atoms with Gasteiger partial charge in [0.15, 0.2) is 5.82 Å². The van der Waals surface area contributed by atoms with Crippen LogP contribution in [0.3, 0.4) is 0 Å². The minimum absolute atomic E-state index is 0.334. The van der Waals surface area contributed by atoms with Crippen molar-refractivity contribution < 1.29 is 9.53 Å². The molecule has 7 heteroatoms. The van der Waals surface area contributed by atoms with Crippen LogP contribution in [0.2, 0.25) is 0 Å². The topological polar surface area (TPSA) is 81.9 Å². The molecule has 0 fully saturated rings. The van der Waals surface area contributed by atoms with Crippen LogP contribution in [0, 0.1) is 6.92 Å². The first-order chi connectivity index (χ1) is 10.1. The van der Waals surface area contributed by atoms with Gasteiger partial charge in [-0.15, -0.1) is 0 Å². The lowest BCUT2D eigenvalue weighted by molar-refractivity contribution is 0.0526. The number of nitrogens with zero attached hydrogens (tertiary/aromatic N) is 4. The van der Waals surface area contributed by atoms with Gasteiger partial charge in [-0.1, -0.05) is 6.92 Å². The molecule has 2 heterocycles. The van der Waals surface area contributed by atoms with E-state index in [2.05, 4.69) is 20.4 Å². The summed E-state index contributed by atoms with van der Waals surface area (Å²) in [4.78, 5) is 20.6. The standard InChI is InChI=1S/C14H19N5O2/c1-5-11-17-12(15-4)9(3)13(18-11)19-8-10(7-16-19)14(20)21-6-2/h7-8H,5-6H2,1-4H3,(H,15,17,18). The van der Waals surface area contributed by atoms with Crippen LogP contribution in [0.5, 0.6) is 0 Å². The molecule has 1 N–H and O–H groups in total. The Morgan fingerprint density at radius 2 is 2.14 bits per heavy atom. The molecular weight excluding hydrogens is 270 g/mol. The number of ether oxygens (including phenoxy) is 1. The van der Waals surface area contributed by atoms with Gasteiger partial charge in [-0.25, -0.2) is 19.4 Å². The van der Waals surface area contributed by atoms with Gasteiger partial charge in [-0.2, -0.15) is 5.10 Å². The third-order valence-electron chi connectivity index (χ3n) is 3.03. The number of hydrogen-bond acceptors (Lipinski definition) is 6. The molecule has 0 amide bonds. The highest BCUT2D eigenvalue weighted by atomic mass is 16.5. The third kappa shape index (κ3) is 3.01. The predicted octanol–water partition coefficient (Wildman–Crippen LogP) is 1.75. The average Bonchev–Trinajstić information content (AvgIpc) is 2.97. The van der Waals surface area contributed by atoms with Gasteiger partial charge in [-0.3, -0.25) is 0 Å². The Morgan fingerprint density at radius 3 is 2.76 bits per heavy atom. The monoisotopic (exact) mass is 289 g/mol. The van der Waals surface area contributed by atoms with Crippen LogP contribution in [-0.4, -0.2) is 39.4 Å². The highest BCUT2D eigenvalue weighted by Gasteiger charge is 2.15. The van der Waals surface area contributed by atoms with Crippen LogP contribution in [0.25, 0.3) is 5.82 Å². The first-order valence-electron chi connectivity index (χ1n) is 6.88. The molecule has 0 radical (unpaired) electrons. The molecule has 0 aliphatic carbocycles. The highest BCUT2D eigenvalue weighted by Crippen LogP contribution is 2.19. The van der Waals surface area contributed by atoms with Crippen LogP contribution < -0.4 is 5.32 Å². The van der Waals surface area contributed by atoms with Gasteiger partial charge in [0.25, 0.3) is 0 Å². The lowest BCUT2D eigenvalue weighted by atomic mass is 10.3. The molecule has 0 aromatic carbocycles. The number of anilines is 1. The van der Waals surface area contributed by atoms with Gasteiger partial charge in [0.1, 0.15) is 11.6 Å². The summed E-state index contributed by atoms with van der Waals surface area (Å²) in [5, 5.41) is 7.25. The first-order valence-corrected chi connectivity index (χ1v) is 6.88. The first kappa shape index (κ1) is 15.0. The van der Waals surface area contributed by atoms with E-state index in [1.165, 1.54) is 6.20 Å². The highest BCUT2D eigenvalue weighted by molar-refractivity contribution is 5.88. The van der Waals surface area contributed by atoms with Gasteiger partial charge in [0, 0.05) is 25.2 Å². The van der Waals surface area contributed by atoms with Crippen molar-refractivity contribution in [2.24, 2.45) is 0 Å². The maximum absolute atomic E-state index is 11.7. The van der Waals surface area contributed by atoms with Crippen molar-refractivity contribution >= 4 is 11.8 Å². The Bertz CT molecular complexity index is 651. The van der Waals surface area contributed by atoms with Crippen molar-refractivity contribution in [2.75, 3.05) is 19.0 Å². The fourth-order valence-corrected chi connectivity index (χ4v) is 1.93. The van der Waals surface area contributed by atoms with Gasteiger partial charge < -0.3 is 10.1 Å². The Morgan fingerprint density at radius 1 is 1.38 bits per heavy atom. The van der Waals surface area contributed by atoms with Crippen LogP contribution in [0.1, 0.15) is 35.6 Å². The normalized spacial score (nSPS) is 10.5. The molecule has 0 unspecified atom stereocenters. The van der Waals surface area contributed by atoms with Gasteiger partial charge in [0.05, 0.1) is 18.4 Å². The molecule has 112 valence electrons. The summed E-state index contributed by atoms with van der Waals surface area (Å²) < 4.78 is 6.53. The Hall–Kier alpha value is -2.44. The quantitative estimate of drug-likeness (QED) is 0.844. The van der Waals surface area contributed by atoms with Crippen LogP contribution in [-0.2, 0) is 11.2 Å². The predicted molar refractivity (Wildman–Crippen MR) is 78.8 cm³/mol. The maximum atomic E-state index is 11.7. The third-order valence-corrected chi connectivity index (χ3v) is 3.03. The molecule has 0 spiro atoms. The van der Waals surface area contributed by atoms with Crippen molar-refractivity contribution in [3.63, 3.8) is 0 Å². The summed E-state index contributed by atoms with van der Waals surface area (Å²) in [6, 6.07) is 0. The Kier molecular flexibility index (Phi) is 4.52. The minimum atomic E-state index is -0.389. The van der Waals surface area contributed by atoms with Crippen LogP contribution in [0.15, 0.2) is 12.4 Å². The molecule has 0 saturated heterocycles. The summed E-state index contributed by atoms with van der Waals surface area (Å²) in [7, 11) is 1.81. The van der Waals surface area contributed by atoms with Gasteiger partial charge in [-0.05, 0) is 13.8 Å². The molecule has 0 aliphatic rings. The largest absolute Gasteiger partial charge is 0.462 e. The van der Waals surface area contributed by atoms with Crippen molar-refractivity contribution in [1.82, 2.24) is 19.7 Å². The van der Waals surface area contributed by atoms with E-state index in [0.717, 1.165) is 11.4 Å². The number of nitrogens with one attached hydrogen (secondary N) is 1. The second kappa shape index (κ2) is 6.34. The van der Waals surface area contributed by atoms with Crippen molar-refractivity contribution in [3.05, 3.63) is 29.3 Å². The minimum Gasteiger partial charge on any atom is -0.462 e. The number of aromatic nitrogens is 4. The zero-order valence-electron chi connectivity index (χ0n) is 12.7. The van der Waals surface area contributed by atoms with Crippen LogP contribution >= 0.6 is 0 Å². The van der Waals surface area contributed by atoms with Crippen LogP contribution in [0.4, 0.5) is 5.82 Å². The van der Waals surface area contributed by atoms with E-state index in [0.29, 0.717) is 30.2 Å². The molecule has 21 heavy (non-hydrogen) atoms. The Labute approximate surface area is 123 Å². The van der Waals surface area contributed by atoms with E-state index in [4.69, 9.17) is 4.74 Å². The molecule has 7 nitrogen and oxygen atoms in total. The lowest BCUT2D eigenvalue weighted by Gasteiger charge is -2.11. The smallest absolute Gasteiger partial charge is 0.341 e. The summed E-state index contributed by atoms with van der Waals surface area (Å²) in [6.45, 7) is 6.00. The van der Waals surface area contributed by atoms with Gasteiger partial charge >= 0.3 is 5.97 Å². The molecule has 0 saturated carbocycles. The maximum Gasteiger partial charge on any atom is 0.341 e. The van der Waals surface area contributed by atoms with Crippen molar-refractivity contribution in [1.29, 1.82) is 0 Å². The summed E-state index contributed by atoms with van der Waals surface area (Å²) in [5.74, 6) is 1.74. The van der Waals surface area contributed by atoms with E-state index in [9.17, 15) is 4.79 Å². The fourth-order valence-electron chi connectivity index (χ4n) is 1.93. The Balaban J connectivity index is 2.44. The zero-order valence-corrected chi connectivity index (χ0v) is 12.7. The van der Waals surface area contributed by atoms with E-state index >= 15 is 0 Å². The van der Waals surface area contributed by atoms with E-state index in [1.54, 1.807) is 17.8 Å². The van der Waals surface area contributed by atoms with E-state index < -0.39 is 0 Å². The van der Waals surface area contributed by atoms with Gasteiger partial charge in [0.2, 0.25) is 0 Å². The fraction of sp³-hybridized carbons (Fsp3) is 0.429. The van der Waals surface area contributed by atoms with E-state index in [1.807, 2.05) is 20.9 Å². The number of esters is 1. The molecule has 0 aliphatic heterocycles. The molecule has 2 aromatic rings. The molecule has 0 atom stereocenters. The molecule has 0 bridgehead atoms. The summed E-state index contributed by atoms with van der Waals surface area (Å²) in [5.41, 5.74) is 1.27. The summed E-state index contributed by atoms with van der Waals surface area (Å²) in [6.07, 6.45) is 3.81. The molecule has 2 aromatic heterocycles. The average molecular weight is 289 g/mol. The second-order valence-corrected chi connectivity index (χ2v) is 4.43. The van der Waals surface area contributed by atoms with Crippen molar-refractivity contribution in [2.45, 2.75) is 27.2 Å². The number of rotatable bonds is 5. The second-order valence-electron chi connectivity index (χ2n) is 4.43. The summed E-state index contributed by atoms with van der Waals surface area (Å²) >= 11 is 0. The van der Waals surface area contributed by atoms with E-state index in [-0.39, 0.29) is 5.97 Å². The molecule has 2 rings (SSSR count). The zero-order chi connectivity index (χ0) is 15.4. The number of aryl methyl sites for hydroxylation is 1. The number of carbonyl (C=O) groups is 1. The number of hydrogen-bond donors (Lipinski definition) is 1. The SMILES string of the molecule is CCOC(=O)c1cnn(-c2nc(CC)nc(NC)c2C)c1. The lowest BCUT2D eigenvalue weighted by Crippen LogP contribution is -2.09. The van der Waals surface area contributed by atoms with Crippen molar-refractivity contribution in [3.8, 4) is 5.82 Å². The molecular formula is C14H19N5O2. The number of carbonyl (C=O) groups excluding carboxylic acids is 1.